The average Bonchev–Trinajstić information content (AvgIpc) is 3.04. The normalized spacial score (nSPS) is 11.7. The van der Waals surface area contributed by atoms with Crippen molar-refractivity contribution in [3.05, 3.63) is 64.6 Å². The smallest absolute Gasteiger partial charge is 0.310 e. The molecule has 1 heterocycles. The number of ether oxygens (including phenoxy) is 2. The summed E-state index contributed by atoms with van der Waals surface area (Å²) >= 11 is 5.96. The van der Waals surface area contributed by atoms with Crippen LogP contribution in [0.25, 0.3) is 16.6 Å². The molecule has 3 aromatic rings. The Morgan fingerprint density at radius 3 is 2.76 bits per heavy atom. The third kappa shape index (κ3) is 4.33. The van der Waals surface area contributed by atoms with Crippen LogP contribution in [0.15, 0.2) is 48.2 Å². The second-order valence-electron chi connectivity index (χ2n) is 6.21. The highest BCUT2D eigenvalue weighted by Crippen LogP contribution is 2.24. The molecule has 1 aromatic heterocycles. The second kappa shape index (κ2) is 8.67. The zero-order valence-corrected chi connectivity index (χ0v) is 16.6. The number of benzene rings is 2. The Bertz CT molecular complexity index is 1140. The second-order valence-corrected chi connectivity index (χ2v) is 6.65. The number of carbonyl (C=O) groups excluding carboxylic acids is 1. The lowest BCUT2D eigenvalue weighted by atomic mass is 10.1. The largest absolute Gasteiger partial charge is 0.507 e. The number of aromatic nitrogens is 2. The number of nitriles is 1. The first-order valence-electron chi connectivity index (χ1n) is 8.66. The van der Waals surface area contributed by atoms with Gasteiger partial charge in [0.15, 0.2) is 11.6 Å². The van der Waals surface area contributed by atoms with Gasteiger partial charge in [0.2, 0.25) is 0 Å². The maximum atomic E-state index is 12.2. The highest BCUT2D eigenvalue weighted by molar-refractivity contribution is 6.30. The molecule has 7 nitrogen and oxygen atoms in total. The van der Waals surface area contributed by atoms with E-state index in [1.165, 1.54) is 7.11 Å². The van der Waals surface area contributed by atoms with Crippen molar-refractivity contribution in [3.8, 4) is 11.8 Å². The topological polar surface area (TPSA) is 97.4 Å². The lowest BCUT2D eigenvalue weighted by Crippen LogP contribution is -2.12. The minimum absolute atomic E-state index is 0.0585. The van der Waals surface area contributed by atoms with E-state index in [2.05, 4.69) is 4.98 Å². The minimum atomic E-state index is -0.598. The third-order valence-corrected chi connectivity index (χ3v) is 4.59. The number of hydrogen-bond acceptors (Lipinski definition) is 6. The summed E-state index contributed by atoms with van der Waals surface area (Å²) < 4.78 is 12.0. The number of methoxy groups -OCH3 is 1. The number of aliphatic hydroxyl groups excluding tert-OH is 1. The summed E-state index contributed by atoms with van der Waals surface area (Å²) in [6, 6.07) is 14.2. The van der Waals surface area contributed by atoms with Crippen LogP contribution in [0, 0.1) is 11.3 Å². The Hall–Kier alpha value is -3.50. The molecule has 0 saturated carbocycles. The Balaban J connectivity index is 1.77. The first-order chi connectivity index (χ1) is 13.9. The number of allylic oxidation sites excluding steroid dienone is 1. The molecular weight excluding hydrogens is 394 g/mol. The number of para-hydroxylation sites is 2. The number of carbonyl (C=O) groups is 1. The lowest BCUT2D eigenvalue weighted by Gasteiger charge is -2.10. The quantitative estimate of drug-likeness (QED) is 0.376. The molecule has 2 aromatic carbocycles. The van der Waals surface area contributed by atoms with Crippen LogP contribution in [-0.2, 0) is 23.0 Å². The van der Waals surface area contributed by atoms with Crippen LogP contribution in [0.1, 0.15) is 11.4 Å². The van der Waals surface area contributed by atoms with Crippen LogP contribution in [0.3, 0.4) is 0 Å². The summed E-state index contributed by atoms with van der Waals surface area (Å²) in [5, 5.41) is 20.3. The van der Waals surface area contributed by atoms with Gasteiger partial charge in [0.25, 0.3) is 0 Å². The zero-order valence-electron chi connectivity index (χ0n) is 15.8. The van der Waals surface area contributed by atoms with Gasteiger partial charge >= 0.3 is 5.97 Å². The maximum Gasteiger partial charge on any atom is 0.310 e. The van der Waals surface area contributed by atoms with Crippen LogP contribution in [-0.4, -0.2) is 34.3 Å². The molecule has 1 N–H and O–H groups in total. The first-order valence-corrected chi connectivity index (χ1v) is 9.04. The standard InChI is InChI=1S/C21H18ClN3O4/c1-25-17-6-4-3-5-16(17)24-21(25)15(11-23)18(26)12-29-20(27)10-13-9-14(22)7-8-19(13)28-2/h3-9,26H,10,12H2,1-2H3/b18-15-. The predicted octanol–water partition coefficient (Wildman–Crippen LogP) is 3.81. The van der Waals surface area contributed by atoms with Gasteiger partial charge in [0.1, 0.15) is 24.0 Å². The van der Waals surface area contributed by atoms with Gasteiger partial charge in [-0.1, -0.05) is 23.7 Å². The predicted molar refractivity (Wildman–Crippen MR) is 109 cm³/mol. The summed E-state index contributed by atoms with van der Waals surface area (Å²) in [4.78, 5) is 16.6. The van der Waals surface area contributed by atoms with Gasteiger partial charge in [0.05, 0.1) is 24.6 Å². The molecule has 0 amide bonds. The molecule has 0 aliphatic heterocycles. The molecular formula is C21H18ClN3O4. The highest BCUT2D eigenvalue weighted by Gasteiger charge is 2.18. The average molecular weight is 412 g/mol. The van der Waals surface area contributed by atoms with Gasteiger partial charge in [-0.2, -0.15) is 5.26 Å². The summed E-state index contributed by atoms with van der Waals surface area (Å²) in [5.74, 6) is -0.181. The number of halogens is 1. The molecule has 29 heavy (non-hydrogen) atoms. The van der Waals surface area contributed by atoms with Crippen molar-refractivity contribution in [1.29, 1.82) is 5.26 Å². The maximum absolute atomic E-state index is 12.2. The summed E-state index contributed by atoms with van der Waals surface area (Å²) in [6.07, 6.45) is -0.0921. The van der Waals surface area contributed by atoms with Crippen LogP contribution < -0.4 is 4.74 Å². The van der Waals surface area contributed by atoms with Crippen LogP contribution >= 0.6 is 11.6 Å². The number of fused-ring (bicyclic) bond motifs is 1. The third-order valence-electron chi connectivity index (χ3n) is 4.36. The summed E-state index contributed by atoms with van der Waals surface area (Å²) in [5.41, 5.74) is 2.00. The van der Waals surface area contributed by atoms with Crippen molar-refractivity contribution in [2.45, 2.75) is 6.42 Å². The molecule has 8 heteroatoms. The number of esters is 1. The SMILES string of the molecule is COc1ccc(Cl)cc1CC(=O)OC/C(O)=C(\C#N)c1nc2ccccc2n1C. The van der Waals surface area contributed by atoms with Gasteiger partial charge in [0, 0.05) is 17.6 Å². The number of aryl methyl sites for hydroxylation is 1. The van der Waals surface area contributed by atoms with Crippen molar-refractivity contribution in [3.63, 3.8) is 0 Å². The Morgan fingerprint density at radius 1 is 1.31 bits per heavy atom. The Morgan fingerprint density at radius 2 is 2.07 bits per heavy atom. The molecule has 0 radical (unpaired) electrons. The number of aliphatic hydroxyl groups is 1. The van der Waals surface area contributed by atoms with E-state index in [-0.39, 0.29) is 17.8 Å². The number of nitrogens with zero attached hydrogens (tertiary/aromatic N) is 3. The van der Waals surface area contributed by atoms with Crippen LogP contribution in [0.5, 0.6) is 5.75 Å². The molecule has 0 aliphatic rings. The first kappa shape index (κ1) is 20.2. The molecule has 0 unspecified atom stereocenters. The summed E-state index contributed by atoms with van der Waals surface area (Å²) in [7, 11) is 3.23. The van der Waals surface area contributed by atoms with Crippen LogP contribution in [0.4, 0.5) is 0 Å². The van der Waals surface area contributed by atoms with Crippen molar-refractivity contribution in [1.82, 2.24) is 9.55 Å². The van der Waals surface area contributed by atoms with E-state index < -0.39 is 12.6 Å². The zero-order chi connectivity index (χ0) is 21.0. The van der Waals surface area contributed by atoms with E-state index in [1.807, 2.05) is 30.3 Å². The lowest BCUT2D eigenvalue weighted by molar-refractivity contribution is -0.142. The molecule has 0 spiro atoms. The Labute approximate surface area is 172 Å². The fourth-order valence-corrected chi connectivity index (χ4v) is 3.12. The van der Waals surface area contributed by atoms with E-state index >= 15 is 0 Å². The van der Waals surface area contributed by atoms with Crippen molar-refractivity contribution >= 4 is 34.2 Å². The van der Waals surface area contributed by atoms with E-state index in [4.69, 9.17) is 21.1 Å². The van der Waals surface area contributed by atoms with Gasteiger partial charge in [-0.05, 0) is 30.3 Å². The van der Waals surface area contributed by atoms with E-state index in [0.29, 0.717) is 27.7 Å². The van der Waals surface area contributed by atoms with Crippen molar-refractivity contribution < 1.29 is 19.4 Å². The number of imidazole rings is 1. The van der Waals surface area contributed by atoms with Crippen LogP contribution in [0.2, 0.25) is 5.02 Å². The molecule has 0 aliphatic carbocycles. The molecule has 0 fully saturated rings. The van der Waals surface area contributed by atoms with Crippen molar-refractivity contribution in [2.24, 2.45) is 7.05 Å². The van der Waals surface area contributed by atoms with Gasteiger partial charge < -0.3 is 19.1 Å². The minimum Gasteiger partial charge on any atom is -0.507 e. The summed E-state index contributed by atoms with van der Waals surface area (Å²) in [6.45, 7) is -0.451. The molecule has 3 rings (SSSR count). The fraction of sp³-hybridized carbons (Fsp3) is 0.190. The molecule has 148 valence electrons. The van der Waals surface area contributed by atoms with E-state index in [1.54, 1.807) is 29.8 Å². The Kier molecular flexibility index (Phi) is 6.05. The van der Waals surface area contributed by atoms with E-state index in [0.717, 1.165) is 5.52 Å². The molecule has 0 atom stereocenters. The fourth-order valence-electron chi connectivity index (χ4n) is 2.93. The highest BCUT2D eigenvalue weighted by atomic mass is 35.5. The van der Waals surface area contributed by atoms with Gasteiger partial charge in [-0.3, -0.25) is 4.79 Å². The van der Waals surface area contributed by atoms with E-state index in [9.17, 15) is 15.2 Å². The monoisotopic (exact) mass is 411 g/mol. The number of hydrogen-bond donors (Lipinski definition) is 1. The van der Waals surface area contributed by atoms with Gasteiger partial charge in [-0.25, -0.2) is 4.98 Å². The van der Waals surface area contributed by atoms with Gasteiger partial charge in [-0.15, -0.1) is 0 Å². The number of rotatable bonds is 6. The van der Waals surface area contributed by atoms with Crippen molar-refractivity contribution in [2.75, 3.05) is 13.7 Å². The molecule has 0 bridgehead atoms. The molecule has 0 saturated heterocycles.